The van der Waals surface area contributed by atoms with Gasteiger partial charge in [0.15, 0.2) is 0 Å². The maximum Gasteiger partial charge on any atom is 0.248 e. The Kier molecular flexibility index (Phi) is 3.61. The minimum Gasteiger partial charge on any atom is -0.366 e. The SMILES string of the molecule is NC(=O)c1cccc(Nc2ncc(-c3ccsc3)cn2)c1. The molecule has 3 N–H and O–H groups in total. The van der Waals surface area contributed by atoms with Crippen molar-refractivity contribution in [1.29, 1.82) is 0 Å². The molecule has 104 valence electrons. The number of nitrogens with one attached hydrogen (secondary N) is 1. The van der Waals surface area contributed by atoms with E-state index in [1.54, 1.807) is 41.9 Å². The van der Waals surface area contributed by atoms with Crippen LogP contribution in [0.3, 0.4) is 0 Å². The van der Waals surface area contributed by atoms with Crippen LogP contribution in [-0.2, 0) is 0 Å². The quantitative estimate of drug-likeness (QED) is 0.775. The fourth-order valence-corrected chi connectivity index (χ4v) is 2.51. The van der Waals surface area contributed by atoms with E-state index in [4.69, 9.17) is 5.73 Å². The number of hydrogen-bond donors (Lipinski definition) is 2. The van der Waals surface area contributed by atoms with Gasteiger partial charge in [0, 0.05) is 29.2 Å². The van der Waals surface area contributed by atoms with Crippen molar-refractivity contribution >= 4 is 28.9 Å². The number of benzene rings is 1. The average molecular weight is 296 g/mol. The standard InChI is InChI=1S/C15H12N4OS/c16-14(20)10-2-1-3-13(6-10)19-15-17-7-12(8-18-15)11-4-5-21-9-11/h1-9H,(H2,16,20)(H,17,18,19). The van der Waals surface area contributed by atoms with E-state index in [2.05, 4.69) is 15.3 Å². The molecule has 0 radical (unpaired) electrons. The Morgan fingerprint density at radius 2 is 1.95 bits per heavy atom. The first-order chi connectivity index (χ1) is 10.2. The van der Waals surface area contributed by atoms with Crippen LogP contribution in [0.25, 0.3) is 11.1 Å². The number of carbonyl (C=O) groups excluding carboxylic acids is 1. The normalized spacial score (nSPS) is 10.3. The molecule has 0 aliphatic heterocycles. The summed E-state index contributed by atoms with van der Waals surface area (Å²) >= 11 is 1.63. The number of thiophene rings is 1. The summed E-state index contributed by atoms with van der Waals surface area (Å²) in [6.07, 6.45) is 3.52. The number of hydrogen-bond acceptors (Lipinski definition) is 5. The van der Waals surface area contributed by atoms with Crippen LogP contribution in [0.2, 0.25) is 0 Å². The van der Waals surface area contributed by atoms with E-state index >= 15 is 0 Å². The fourth-order valence-electron chi connectivity index (χ4n) is 1.85. The van der Waals surface area contributed by atoms with E-state index in [1.807, 2.05) is 22.9 Å². The van der Waals surface area contributed by atoms with Crippen molar-refractivity contribution in [3.63, 3.8) is 0 Å². The zero-order chi connectivity index (χ0) is 14.7. The van der Waals surface area contributed by atoms with Gasteiger partial charge in [0.05, 0.1) is 0 Å². The lowest BCUT2D eigenvalue weighted by atomic mass is 10.2. The van der Waals surface area contributed by atoms with Gasteiger partial charge in [-0.1, -0.05) is 6.07 Å². The van der Waals surface area contributed by atoms with Crippen LogP contribution in [0.5, 0.6) is 0 Å². The molecule has 0 bridgehead atoms. The third-order valence-corrected chi connectivity index (χ3v) is 3.59. The van der Waals surface area contributed by atoms with Crippen molar-refractivity contribution in [2.75, 3.05) is 5.32 Å². The molecule has 0 aliphatic rings. The van der Waals surface area contributed by atoms with E-state index < -0.39 is 5.91 Å². The van der Waals surface area contributed by atoms with Crippen molar-refractivity contribution in [3.8, 4) is 11.1 Å². The van der Waals surface area contributed by atoms with Gasteiger partial charge < -0.3 is 11.1 Å². The summed E-state index contributed by atoms with van der Waals surface area (Å²) in [5.74, 6) is 0.00275. The van der Waals surface area contributed by atoms with Gasteiger partial charge in [-0.2, -0.15) is 11.3 Å². The second-order valence-corrected chi connectivity index (χ2v) is 5.16. The van der Waals surface area contributed by atoms with Gasteiger partial charge in [0.2, 0.25) is 11.9 Å². The molecule has 1 amide bonds. The number of aromatic nitrogens is 2. The highest BCUT2D eigenvalue weighted by Gasteiger charge is 2.04. The van der Waals surface area contributed by atoms with Crippen molar-refractivity contribution in [1.82, 2.24) is 9.97 Å². The van der Waals surface area contributed by atoms with Crippen LogP contribution in [0.4, 0.5) is 11.6 Å². The Morgan fingerprint density at radius 1 is 1.14 bits per heavy atom. The number of rotatable bonds is 4. The topological polar surface area (TPSA) is 80.9 Å². The molecule has 0 spiro atoms. The van der Waals surface area contributed by atoms with E-state index in [1.165, 1.54) is 0 Å². The summed E-state index contributed by atoms with van der Waals surface area (Å²) < 4.78 is 0. The molecule has 2 aromatic heterocycles. The molecule has 21 heavy (non-hydrogen) atoms. The van der Waals surface area contributed by atoms with Crippen molar-refractivity contribution in [2.45, 2.75) is 0 Å². The Balaban J connectivity index is 1.79. The van der Waals surface area contributed by atoms with Crippen LogP contribution >= 0.6 is 11.3 Å². The molecule has 0 saturated heterocycles. The lowest BCUT2D eigenvalue weighted by Gasteiger charge is -2.06. The molecular formula is C15H12N4OS. The first-order valence-electron chi connectivity index (χ1n) is 6.24. The number of nitrogens with zero attached hydrogens (tertiary/aromatic N) is 2. The van der Waals surface area contributed by atoms with Crippen molar-refractivity contribution in [2.24, 2.45) is 5.73 Å². The third-order valence-electron chi connectivity index (χ3n) is 2.91. The molecule has 0 unspecified atom stereocenters. The average Bonchev–Trinajstić information content (AvgIpc) is 3.02. The fraction of sp³-hybridized carbons (Fsp3) is 0. The third kappa shape index (κ3) is 3.06. The number of carbonyl (C=O) groups is 1. The molecule has 3 aromatic rings. The highest BCUT2D eigenvalue weighted by atomic mass is 32.1. The zero-order valence-corrected chi connectivity index (χ0v) is 11.8. The van der Waals surface area contributed by atoms with E-state index in [0.29, 0.717) is 11.5 Å². The van der Waals surface area contributed by atoms with Gasteiger partial charge in [-0.05, 0) is 40.6 Å². The zero-order valence-electron chi connectivity index (χ0n) is 11.0. The van der Waals surface area contributed by atoms with Gasteiger partial charge in [-0.3, -0.25) is 4.79 Å². The van der Waals surface area contributed by atoms with Crippen molar-refractivity contribution < 1.29 is 4.79 Å². The molecule has 5 nitrogen and oxygen atoms in total. The second-order valence-electron chi connectivity index (χ2n) is 4.38. The Hall–Kier alpha value is -2.73. The molecule has 0 fully saturated rings. The summed E-state index contributed by atoms with van der Waals surface area (Å²) in [6.45, 7) is 0. The molecule has 2 heterocycles. The lowest BCUT2D eigenvalue weighted by Crippen LogP contribution is -2.11. The maximum atomic E-state index is 11.1. The van der Waals surface area contributed by atoms with Crippen LogP contribution in [0, 0.1) is 0 Å². The van der Waals surface area contributed by atoms with Gasteiger partial charge in [-0.15, -0.1) is 0 Å². The monoisotopic (exact) mass is 296 g/mol. The largest absolute Gasteiger partial charge is 0.366 e. The maximum absolute atomic E-state index is 11.1. The molecule has 0 aliphatic carbocycles. The number of primary amides is 1. The van der Waals surface area contributed by atoms with Crippen LogP contribution in [-0.4, -0.2) is 15.9 Å². The summed E-state index contributed by atoms with van der Waals surface area (Å²) in [5, 5.41) is 7.10. The predicted molar refractivity (Wildman–Crippen MR) is 83.6 cm³/mol. The Morgan fingerprint density at radius 3 is 2.62 bits per heavy atom. The minimum absolute atomic E-state index is 0.440. The highest BCUT2D eigenvalue weighted by molar-refractivity contribution is 7.08. The predicted octanol–water partition coefficient (Wildman–Crippen LogP) is 3.05. The molecule has 0 saturated carbocycles. The first kappa shape index (κ1) is 13.3. The number of nitrogens with two attached hydrogens (primary N) is 1. The molecule has 1 aromatic carbocycles. The van der Waals surface area contributed by atoms with E-state index in [9.17, 15) is 4.79 Å². The number of anilines is 2. The summed E-state index contributed by atoms with van der Waals surface area (Å²) in [7, 11) is 0. The molecule has 0 atom stereocenters. The summed E-state index contributed by atoms with van der Waals surface area (Å²) in [6, 6.07) is 8.92. The van der Waals surface area contributed by atoms with Gasteiger partial charge >= 0.3 is 0 Å². The number of amides is 1. The van der Waals surface area contributed by atoms with Gasteiger partial charge in [-0.25, -0.2) is 9.97 Å². The first-order valence-corrected chi connectivity index (χ1v) is 7.18. The van der Waals surface area contributed by atoms with Crippen LogP contribution in [0.15, 0.2) is 53.5 Å². The van der Waals surface area contributed by atoms with Crippen LogP contribution < -0.4 is 11.1 Å². The minimum atomic E-state index is -0.465. The Labute approximate surface area is 125 Å². The highest BCUT2D eigenvalue weighted by Crippen LogP contribution is 2.21. The van der Waals surface area contributed by atoms with Crippen LogP contribution in [0.1, 0.15) is 10.4 Å². The van der Waals surface area contributed by atoms with E-state index in [-0.39, 0.29) is 0 Å². The van der Waals surface area contributed by atoms with Gasteiger partial charge in [0.1, 0.15) is 0 Å². The summed E-state index contributed by atoms with van der Waals surface area (Å²) in [5.41, 5.74) is 8.47. The molecule has 6 heteroatoms. The smallest absolute Gasteiger partial charge is 0.248 e. The lowest BCUT2D eigenvalue weighted by molar-refractivity contribution is 0.100. The van der Waals surface area contributed by atoms with Crippen molar-refractivity contribution in [3.05, 3.63) is 59.0 Å². The molecule has 3 rings (SSSR count). The van der Waals surface area contributed by atoms with Gasteiger partial charge in [0.25, 0.3) is 0 Å². The van der Waals surface area contributed by atoms with E-state index in [0.717, 1.165) is 16.8 Å². The second kappa shape index (κ2) is 5.72. The molecular weight excluding hydrogens is 284 g/mol. The Bertz CT molecular complexity index is 754. The summed E-state index contributed by atoms with van der Waals surface area (Å²) in [4.78, 5) is 19.7.